The highest BCUT2D eigenvalue weighted by Gasteiger charge is 2.42. The second-order valence-electron chi connectivity index (χ2n) is 4.23. The van der Waals surface area contributed by atoms with E-state index in [9.17, 15) is 21.8 Å². The first kappa shape index (κ1) is 13.2. The highest BCUT2D eigenvalue weighted by Crippen LogP contribution is 2.43. The number of hydrogen-bond acceptors (Lipinski definition) is 3. The van der Waals surface area contributed by atoms with E-state index in [1.807, 2.05) is 0 Å². The molecule has 0 spiro atoms. The molecule has 0 fully saturated rings. The van der Waals surface area contributed by atoms with E-state index in [2.05, 4.69) is 0 Å². The monoisotopic (exact) mass is 273 g/mol. The Balaban J connectivity index is 2.27. The van der Waals surface area contributed by atoms with Crippen LogP contribution in [0.25, 0.3) is 6.08 Å². The first-order chi connectivity index (χ1) is 8.31. The van der Waals surface area contributed by atoms with Gasteiger partial charge < -0.3 is 4.55 Å². The van der Waals surface area contributed by atoms with Crippen LogP contribution in [0.4, 0.5) is 8.78 Å². The fourth-order valence-electron chi connectivity index (χ4n) is 2.04. The molecule has 0 amide bonds. The maximum absolute atomic E-state index is 14.1. The lowest BCUT2D eigenvalue weighted by Gasteiger charge is -2.29. The molecule has 0 bridgehead atoms. The zero-order chi connectivity index (χ0) is 13.4. The van der Waals surface area contributed by atoms with Crippen LogP contribution in [0.15, 0.2) is 30.3 Å². The smallest absolute Gasteiger partial charge is 0.280 e. The molecule has 1 aromatic rings. The van der Waals surface area contributed by atoms with Crippen LogP contribution in [0.5, 0.6) is 0 Å². The Kier molecular flexibility index (Phi) is 3.25. The summed E-state index contributed by atoms with van der Waals surface area (Å²) in [6, 6.07) is 6.05. The van der Waals surface area contributed by atoms with Crippen molar-refractivity contribution in [2.24, 2.45) is 5.92 Å². The first-order valence-electron chi connectivity index (χ1n) is 5.40. The van der Waals surface area contributed by atoms with Crippen molar-refractivity contribution in [3.63, 3.8) is 0 Å². The highest BCUT2D eigenvalue weighted by molar-refractivity contribution is 7.85. The van der Waals surface area contributed by atoms with E-state index in [-0.39, 0.29) is 12.0 Å². The quantitative estimate of drug-likeness (QED) is 0.794. The molecule has 1 unspecified atom stereocenters. The zero-order valence-corrected chi connectivity index (χ0v) is 10.2. The summed E-state index contributed by atoms with van der Waals surface area (Å²) in [4.78, 5) is 0. The van der Waals surface area contributed by atoms with Crippen LogP contribution in [-0.2, 0) is 16.0 Å². The van der Waals surface area contributed by atoms with E-state index < -0.39 is 27.7 Å². The second-order valence-corrected chi connectivity index (χ2v) is 5.75. The Hall–Kier alpha value is -1.27. The van der Waals surface area contributed by atoms with Crippen LogP contribution in [0.3, 0.4) is 0 Å². The van der Waals surface area contributed by atoms with Crippen molar-refractivity contribution in [2.45, 2.75) is 12.3 Å². The predicted octanol–water partition coefficient (Wildman–Crippen LogP) is 2.36. The minimum atomic E-state index is -4.47. The molecule has 1 aliphatic carbocycles. The summed E-state index contributed by atoms with van der Waals surface area (Å²) in [6.07, 6.45) is 2.44. The van der Waals surface area contributed by atoms with Crippen LogP contribution >= 0.6 is 0 Å². The van der Waals surface area contributed by atoms with Gasteiger partial charge in [-0.25, -0.2) is 17.2 Å². The fourth-order valence-corrected chi connectivity index (χ4v) is 2.58. The summed E-state index contributed by atoms with van der Waals surface area (Å²) in [5.41, 5.74) is 0.296. The summed E-state index contributed by atoms with van der Waals surface area (Å²) >= 11 is 0. The Bertz CT molecular complexity index is 579. The van der Waals surface area contributed by atoms with Gasteiger partial charge in [0.2, 0.25) is 0 Å². The van der Waals surface area contributed by atoms with Gasteiger partial charge in [-0.05, 0) is 12.0 Å². The van der Waals surface area contributed by atoms with Gasteiger partial charge in [-0.1, -0.05) is 36.4 Å². The van der Waals surface area contributed by atoms with Crippen molar-refractivity contribution < 1.29 is 21.8 Å². The van der Waals surface area contributed by atoms with Gasteiger partial charge in [-0.3, -0.25) is 0 Å². The van der Waals surface area contributed by atoms with Gasteiger partial charge in [0, 0.05) is 17.2 Å². The third kappa shape index (κ3) is 2.59. The molecule has 0 heterocycles. The molecule has 0 aromatic heterocycles. The van der Waals surface area contributed by atoms with Crippen molar-refractivity contribution in [1.82, 2.24) is 0 Å². The van der Waals surface area contributed by atoms with E-state index >= 15 is 0 Å². The minimum Gasteiger partial charge on any atom is -0.748 e. The normalized spacial score (nSPS) is 21.6. The van der Waals surface area contributed by atoms with Crippen molar-refractivity contribution in [3.05, 3.63) is 41.5 Å². The maximum atomic E-state index is 14.1. The van der Waals surface area contributed by atoms with Crippen molar-refractivity contribution in [1.29, 1.82) is 0 Å². The molecule has 6 heteroatoms. The van der Waals surface area contributed by atoms with Crippen molar-refractivity contribution in [3.8, 4) is 0 Å². The third-order valence-electron chi connectivity index (χ3n) is 2.97. The fraction of sp³-hybridized carbons (Fsp3) is 0.333. The number of benzene rings is 1. The molecule has 18 heavy (non-hydrogen) atoms. The van der Waals surface area contributed by atoms with Crippen molar-refractivity contribution >= 4 is 16.2 Å². The maximum Gasteiger partial charge on any atom is 0.280 e. The van der Waals surface area contributed by atoms with E-state index in [4.69, 9.17) is 0 Å². The number of alkyl halides is 2. The summed E-state index contributed by atoms with van der Waals surface area (Å²) in [5.74, 6) is -5.17. The Morgan fingerprint density at radius 2 is 1.94 bits per heavy atom. The number of allylic oxidation sites excluding steroid dienone is 1. The minimum absolute atomic E-state index is 0.124. The van der Waals surface area contributed by atoms with Gasteiger partial charge in [0.25, 0.3) is 5.92 Å². The number of hydrogen-bond donors (Lipinski definition) is 0. The molecular formula is C12H11F2O3S-. The summed E-state index contributed by atoms with van der Waals surface area (Å²) in [7, 11) is -4.47. The largest absolute Gasteiger partial charge is 0.748 e. The van der Waals surface area contributed by atoms with Gasteiger partial charge >= 0.3 is 0 Å². The molecule has 0 radical (unpaired) electrons. The topological polar surface area (TPSA) is 57.2 Å². The molecule has 0 N–H and O–H groups in total. The Morgan fingerprint density at radius 3 is 2.61 bits per heavy atom. The highest BCUT2D eigenvalue weighted by atomic mass is 32.2. The van der Waals surface area contributed by atoms with Gasteiger partial charge in [-0.2, -0.15) is 0 Å². The number of rotatable bonds is 3. The molecule has 3 nitrogen and oxygen atoms in total. The zero-order valence-electron chi connectivity index (χ0n) is 9.34. The van der Waals surface area contributed by atoms with Crippen LogP contribution < -0.4 is 0 Å². The third-order valence-corrected chi connectivity index (χ3v) is 3.71. The predicted molar refractivity (Wildman–Crippen MR) is 62.0 cm³/mol. The molecular weight excluding hydrogens is 262 g/mol. The average molecular weight is 273 g/mol. The van der Waals surface area contributed by atoms with Crippen molar-refractivity contribution in [2.75, 3.05) is 5.75 Å². The molecule has 2 rings (SSSR count). The molecule has 1 aliphatic rings. The van der Waals surface area contributed by atoms with Gasteiger partial charge in [0.1, 0.15) is 0 Å². The lowest BCUT2D eigenvalue weighted by Crippen LogP contribution is -2.29. The molecule has 0 saturated heterocycles. The van der Waals surface area contributed by atoms with Crippen LogP contribution in [0, 0.1) is 5.92 Å². The summed E-state index contributed by atoms with van der Waals surface area (Å²) in [5, 5.41) is 0. The lowest BCUT2D eigenvalue weighted by molar-refractivity contribution is -0.0493. The van der Waals surface area contributed by atoms with Crippen LogP contribution in [-0.4, -0.2) is 18.7 Å². The number of halogens is 2. The molecule has 1 atom stereocenters. The number of fused-ring (bicyclic) bond motifs is 1. The van der Waals surface area contributed by atoms with E-state index in [0.717, 1.165) is 0 Å². The van der Waals surface area contributed by atoms with Gasteiger partial charge in [0.05, 0.1) is 10.1 Å². The molecule has 0 saturated carbocycles. The molecule has 98 valence electrons. The molecule has 0 aliphatic heterocycles. The van der Waals surface area contributed by atoms with E-state index in [1.54, 1.807) is 12.1 Å². The van der Waals surface area contributed by atoms with Gasteiger partial charge in [0.15, 0.2) is 0 Å². The Labute approximate surface area is 104 Å². The SMILES string of the molecule is O=S(=O)([O-])CCC1C=Cc2ccccc2C1(F)F. The van der Waals surface area contributed by atoms with Crippen LogP contribution in [0.1, 0.15) is 17.5 Å². The summed E-state index contributed by atoms with van der Waals surface area (Å²) in [6.45, 7) is 0. The lowest BCUT2D eigenvalue weighted by atomic mass is 9.84. The standard InChI is InChI=1S/C12H12F2O3S/c13-12(14)10(7-8-18(15,16)17)6-5-9-3-1-2-4-11(9)12/h1-6,10H,7-8H2,(H,15,16,17)/p-1. The summed E-state index contributed by atoms with van der Waals surface area (Å²) < 4.78 is 59.7. The van der Waals surface area contributed by atoms with E-state index in [1.165, 1.54) is 24.3 Å². The first-order valence-corrected chi connectivity index (χ1v) is 6.97. The second kappa shape index (κ2) is 4.44. The van der Waals surface area contributed by atoms with Gasteiger partial charge in [-0.15, -0.1) is 0 Å². The molecule has 1 aromatic carbocycles. The van der Waals surface area contributed by atoms with E-state index in [0.29, 0.717) is 5.56 Å². The average Bonchev–Trinajstić information content (AvgIpc) is 2.27. The Morgan fingerprint density at radius 1 is 1.28 bits per heavy atom. The van der Waals surface area contributed by atoms with Crippen LogP contribution in [0.2, 0.25) is 0 Å².